The molecule has 2 fully saturated rings. The van der Waals surface area contributed by atoms with Gasteiger partial charge in [-0.25, -0.2) is 0 Å². The van der Waals surface area contributed by atoms with Crippen molar-refractivity contribution >= 4 is 0 Å². The molecule has 0 amide bonds. The highest BCUT2D eigenvalue weighted by Gasteiger charge is 2.46. The van der Waals surface area contributed by atoms with Crippen LogP contribution in [0.5, 0.6) is 0 Å². The molecule has 2 saturated carbocycles. The standard InChI is InChI=1S/C9H16O2/c10-4-8-6-1-2-7(3-6)9(8)5-11/h6-11H,1-5H2/t6-,7-,8-,9-/m0/s1. The average Bonchev–Trinajstić information content (AvgIpc) is 2.60. The number of aliphatic hydroxyl groups is 2. The molecular formula is C9H16O2. The molecule has 0 aromatic rings. The second kappa shape index (κ2) is 2.76. The highest BCUT2D eigenvalue weighted by molar-refractivity contribution is 4.95. The van der Waals surface area contributed by atoms with E-state index in [4.69, 9.17) is 10.2 Å². The van der Waals surface area contributed by atoms with E-state index in [1.165, 1.54) is 19.3 Å². The van der Waals surface area contributed by atoms with Crippen LogP contribution in [0, 0.1) is 23.7 Å². The fourth-order valence-electron chi connectivity index (χ4n) is 3.10. The van der Waals surface area contributed by atoms with Crippen molar-refractivity contribution in [2.75, 3.05) is 13.2 Å². The lowest BCUT2D eigenvalue weighted by Crippen LogP contribution is -2.27. The van der Waals surface area contributed by atoms with Crippen molar-refractivity contribution in [3.8, 4) is 0 Å². The van der Waals surface area contributed by atoms with Crippen LogP contribution >= 0.6 is 0 Å². The van der Waals surface area contributed by atoms with E-state index in [0.717, 1.165) is 11.8 Å². The summed E-state index contributed by atoms with van der Waals surface area (Å²) in [7, 11) is 0. The molecule has 0 unspecified atom stereocenters. The molecule has 0 spiro atoms. The minimum absolute atomic E-state index is 0.284. The van der Waals surface area contributed by atoms with Gasteiger partial charge in [-0.3, -0.25) is 0 Å². The third-order valence-electron chi connectivity index (χ3n) is 3.70. The van der Waals surface area contributed by atoms with Gasteiger partial charge in [0.1, 0.15) is 0 Å². The van der Waals surface area contributed by atoms with Gasteiger partial charge in [0.05, 0.1) is 0 Å². The summed E-state index contributed by atoms with van der Waals surface area (Å²) in [5, 5.41) is 18.2. The Hall–Kier alpha value is -0.0800. The zero-order chi connectivity index (χ0) is 7.84. The van der Waals surface area contributed by atoms with Crippen LogP contribution in [0.1, 0.15) is 19.3 Å². The van der Waals surface area contributed by atoms with Crippen molar-refractivity contribution < 1.29 is 10.2 Å². The number of hydrogen-bond acceptors (Lipinski definition) is 2. The van der Waals surface area contributed by atoms with Gasteiger partial charge in [-0.1, -0.05) is 0 Å². The molecule has 64 valence electrons. The number of fused-ring (bicyclic) bond motifs is 2. The van der Waals surface area contributed by atoms with Crippen LogP contribution in [0.15, 0.2) is 0 Å². The molecule has 0 saturated heterocycles. The van der Waals surface area contributed by atoms with Gasteiger partial charge in [0, 0.05) is 13.2 Å². The maximum absolute atomic E-state index is 9.08. The zero-order valence-corrected chi connectivity index (χ0v) is 6.74. The predicted molar refractivity (Wildman–Crippen MR) is 42.0 cm³/mol. The van der Waals surface area contributed by atoms with E-state index in [1.54, 1.807) is 0 Å². The fraction of sp³-hybridized carbons (Fsp3) is 1.00. The largest absolute Gasteiger partial charge is 0.396 e. The minimum atomic E-state index is 0.284. The van der Waals surface area contributed by atoms with Gasteiger partial charge >= 0.3 is 0 Å². The van der Waals surface area contributed by atoms with Crippen molar-refractivity contribution in [2.24, 2.45) is 23.7 Å². The Labute approximate surface area is 67.2 Å². The van der Waals surface area contributed by atoms with Crippen LogP contribution in [0.25, 0.3) is 0 Å². The Bertz CT molecular complexity index is 130. The minimum Gasteiger partial charge on any atom is -0.396 e. The Morgan fingerprint density at radius 1 is 0.909 bits per heavy atom. The molecule has 4 atom stereocenters. The predicted octanol–water partition coefficient (Wildman–Crippen LogP) is 0.633. The van der Waals surface area contributed by atoms with Crippen LogP contribution in [0.3, 0.4) is 0 Å². The normalized spacial score (nSPS) is 48.5. The van der Waals surface area contributed by atoms with Crippen molar-refractivity contribution in [1.29, 1.82) is 0 Å². The lowest BCUT2D eigenvalue weighted by atomic mass is 9.80. The fourth-order valence-corrected chi connectivity index (χ4v) is 3.10. The number of aliphatic hydroxyl groups excluding tert-OH is 2. The van der Waals surface area contributed by atoms with Crippen LogP contribution in [0.2, 0.25) is 0 Å². The van der Waals surface area contributed by atoms with Crippen molar-refractivity contribution in [3.05, 3.63) is 0 Å². The summed E-state index contributed by atoms with van der Waals surface area (Å²) in [5.74, 6) is 2.28. The molecule has 2 nitrogen and oxygen atoms in total. The quantitative estimate of drug-likeness (QED) is 0.615. The smallest absolute Gasteiger partial charge is 0.0465 e. The summed E-state index contributed by atoms with van der Waals surface area (Å²) in [6.07, 6.45) is 3.83. The van der Waals surface area contributed by atoms with Gasteiger partial charge in [0.25, 0.3) is 0 Å². The molecule has 2 aliphatic rings. The molecule has 0 aromatic carbocycles. The topological polar surface area (TPSA) is 40.5 Å². The summed E-state index contributed by atoms with van der Waals surface area (Å²) in [6, 6.07) is 0. The van der Waals surface area contributed by atoms with Gasteiger partial charge in [-0.2, -0.15) is 0 Å². The summed E-state index contributed by atoms with van der Waals surface area (Å²) in [6.45, 7) is 0.568. The van der Waals surface area contributed by atoms with Gasteiger partial charge in [0.2, 0.25) is 0 Å². The average molecular weight is 156 g/mol. The molecule has 2 rings (SSSR count). The van der Waals surface area contributed by atoms with Gasteiger partial charge in [-0.15, -0.1) is 0 Å². The van der Waals surface area contributed by atoms with Gasteiger partial charge < -0.3 is 10.2 Å². The Morgan fingerprint density at radius 3 is 1.73 bits per heavy atom. The first kappa shape index (κ1) is 7.56. The first-order valence-electron chi connectivity index (χ1n) is 4.58. The Morgan fingerprint density at radius 2 is 1.36 bits per heavy atom. The van der Waals surface area contributed by atoms with Crippen LogP contribution in [-0.4, -0.2) is 23.4 Å². The first-order valence-corrected chi connectivity index (χ1v) is 4.58. The second-order valence-electron chi connectivity index (χ2n) is 4.03. The summed E-state index contributed by atoms with van der Waals surface area (Å²) >= 11 is 0. The third kappa shape index (κ3) is 1.00. The Kier molecular flexibility index (Phi) is 1.90. The van der Waals surface area contributed by atoms with Gasteiger partial charge in [-0.05, 0) is 42.9 Å². The first-order chi connectivity index (χ1) is 5.36. The highest BCUT2D eigenvalue weighted by atomic mass is 16.3. The van der Waals surface area contributed by atoms with E-state index in [9.17, 15) is 0 Å². The monoisotopic (exact) mass is 156 g/mol. The van der Waals surface area contributed by atoms with E-state index in [2.05, 4.69) is 0 Å². The maximum atomic E-state index is 9.08. The van der Waals surface area contributed by atoms with Crippen LogP contribution in [0.4, 0.5) is 0 Å². The lowest BCUT2D eigenvalue weighted by Gasteiger charge is -2.27. The van der Waals surface area contributed by atoms with Crippen molar-refractivity contribution in [2.45, 2.75) is 19.3 Å². The van der Waals surface area contributed by atoms with Crippen LogP contribution < -0.4 is 0 Å². The molecular weight excluding hydrogens is 140 g/mol. The van der Waals surface area contributed by atoms with Crippen molar-refractivity contribution in [3.63, 3.8) is 0 Å². The molecule has 2 heteroatoms. The lowest BCUT2D eigenvalue weighted by molar-refractivity contribution is 0.0791. The molecule has 11 heavy (non-hydrogen) atoms. The third-order valence-corrected chi connectivity index (χ3v) is 3.70. The molecule has 0 heterocycles. The summed E-state index contributed by atoms with van der Waals surface area (Å²) in [4.78, 5) is 0. The molecule has 0 aromatic heterocycles. The highest BCUT2D eigenvalue weighted by Crippen LogP contribution is 2.51. The zero-order valence-electron chi connectivity index (χ0n) is 6.74. The molecule has 2 bridgehead atoms. The van der Waals surface area contributed by atoms with E-state index >= 15 is 0 Å². The molecule has 2 N–H and O–H groups in total. The van der Waals surface area contributed by atoms with E-state index in [0.29, 0.717) is 11.8 Å². The molecule has 2 aliphatic carbocycles. The number of rotatable bonds is 2. The Balaban J connectivity index is 2.08. The van der Waals surface area contributed by atoms with Gasteiger partial charge in [0.15, 0.2) is 0 Å². The van der Waals surface area contributed by atoms with E-state index in [-0.39, 0.29) is 13.2 Å². The summed E-state index contributed by atoms with van der Waals surface area (Å²) < 4.78 is 0. The molecule has 0 aliphatic heterocycles. The molecule has 0 radical (unpaired) electrons. The SMILES string of the molecule is OC[C@H]1[C@H]2CC[C@@H](C2)[C@@H]1CO. The maximum Gasteiger partial charge on any atom is 0.0465 e. The summed E-state index contributed by atoms with van der Waals surface area (Å²) in [5.41, 5.74) is 0. The second-order valence-corrected chi connectivity index (χ2v) is 4.03. The van der Waals surface area contributed by atoms with E-state index in [1.807, 2.05) is 0 Å². The van der Waals surface area contributed by atoms with Crippen molar-refractivity contribution in [1.82, 2.24) is 0 Å². The van der Waals surface area contributed by atoms with Crippen LogP contribution in [-0.2, 0) is 0 Å². The van der Waals surface area contributed by atoms with E-state index < -0.39 is 0 Å². The number of hydrogen-bond donors (Lipinski definition) is 2.